The maximum Gasteiger partial charge on any atom is 0.338 e. The first-order valence-electron chi connectivity index (χ1n) is 14.1. The summed E-state index contributed by atoms with van der Waals surface area (Å²) in [5, 5.41) is 1.99. The Bertz CT molecular complexity index is 1920. The molecule has 1 aromatic heterocycles. The molecule has 0 aliphatic carbocycles. The summed E-state index contributed by atoms with van der Waals surface area (Å²) in [6.45, 7) is 9.95. The minimum absolute atomic E-state index is 0.0590. The van der Waals surface area contributed by atoms with Gasteiger partial charge in [-0.2, -0.15) is 0 Å². The molecule has 0 radical (unpaired) electrons. The molecule has 0 unspecified atom stereocenters. The van der Waals surface area contributed by atoms with Gasteiger partial charge in [0.2, 0.25) is 0 Å². The summed E-state index contributed by atoms with van der Waals surface area (Å²) in [4.78, 5) is 32.9. The van der Waals surface area contributed by atoms with Crippen molar-refractivity contribution in [2.24, 2.45) is 4.99 Å². The molecule has 2 heterocycles. The molecule has 43 heavy (non-hydrogen) atoms. The van der Waals surface area contributed by atoms with E-state index in [4.69, 9.17) is 23.9 Å². The van der Waals surface area contributed by atoms with Gasteiger partial charge < -0.3 is 18.9 Å². The topological polar surface area (TPSA) is 88.4 Å². The molecule has 0 bridgehead atoms. The van der Waals surface area contributed by atoms with Crippen molar-refractivity contribution in [1.29, 1.82) is 0 Å². The standard InChI is InChI=1S/C33H33BrN2O6S/c1-7-40-27-17-24(34)23(15-26(27)39-6)30-29(32(38)41-8-2)19(5)35-33-36(30)31(37)28(43-33)16-22-21-12-10-9-11-20(21)13-14-25(22)42-18(3)4/h9-18,30H,7-8H2,1-6H3/b28-16+/t30-/m1/s1. The van der Waals surface area contributed by atoms with Gasteiger partial charge in [0.05, 0.1) is 48.3 Å². The molecule has 0 amide bonds. The van der Waals surface area contributed by atoms with E-state index in [1.165, 1.54) is 11.3 Å². The van der Waals surface area contributed by atoms with Gasteiger partial charge in [-0.25, -0.2) is 9.79 Å². The summed E-state index contributed by atoms with van der Waals surface area (Å²) >= 11 is 4.94. The average Bonchev–Trinajstić information content (AvgIpc) is 3.27. The van der Waals surface area contributed by atoms with Crippen molar-refractivity contribution in [3.8, 4) is 17.2 Å². The molecule has 0 N–H and O–H groups in total. The zero-order valence-electron chi connectivity index (χ0n) is 24.9. The van der Waals surface area contributed by atoms with Gasteiger partial charge in [0, 0.05) is 10.0 Å². The maximum atomic E-state index is 14.3. The molecular weight excluding hydrogens is 632 g/mol. The summed E-state index contributed by atoms with van der Waals surface area (Å²) in [5.41, 5.74) is 1.91. The fraction of sp³-hybridized carbons (Fsp3) is 0.303. The number of hydrogen-bond donors (Lipinski definition) is 0. The third-order valence-electron chi connectivity index (χ3n) is 6.96. The number of hydrogen-bond acceptors (Lipinski definition) is 8. The molecule has 0 spiro atoms. The number of fused-ring (bicyclic) bond motifs is 2. The van der Waals surface area contributed by atoms with E-state index >= 15 is 0 Å². The molecule has 224 valence electrons. The number of aromatic nitrogens is 1. The van der Waals surface area contributed by atoms with Crippen molar-refractivity contribution in [3.05, 3.63) is 95.1 Å². The number of nitrogens with zero attached hydrogens (tertiary/aromatic N) is 2. The van der Waals surface area contributed by atoms with Crippen molar-refractivity contribution in [3.63, 3.8) is 0 Å². The highest BCUT2D eigenvalue weighted by atomic mass is 79.9. The second-order valence-corrected chi connectivity index (χ2v) is 12.0. The first kappa shape index (κ1) is 30.6. The zero-order valence-corrected chi connectivity index (χ0v) is 27.3. The molecule has 0 saturated carbocycles. The minimum atomic E-state index is -0.824. The van der Waals surface area contributed by atoms with Crippen molar-refractivity contribution in [2.45, 2.75) is 46.8 Å². The van der Waals surface area contributed by atoms with Crippen LogP contribution in [0.5, 0.6) is 17.2 Å². The van der Waals surface area contributed by atoms with E-state index in [1.54, 1.807) is 37.7 Å². The van der Waals surface area contributed by atoms with E-state index in [0.717, 1.165) is 16.3 Å². The lowest BCUT2D eigenvalue weighted by Crippen LogP contribution is -2.40. The van der Waals surface area contributed by atoms with E-state index in [2.05, 4.69) is 15.9 Å². The number of thiazole rings is 1. The van der Waals surface area contributed by atoms with Crippen LogP contribution in [0.3, 0.4) is 0 Å². The second kappa shape index (κ2) is 12.8. The van der Waals surface area contributed by atoms with Crippen LogP contribution in [-0.2, 0) is 9.53 Å². The van der Waals surface area contributed by atoms with Gasteiger partial charge in [-0.1, -0.05) is 57.6 Å². The fourth-order valence-electron chi connectivity index (χ4n) is 5.19. The number of carbonyl (C=O) groups is 1. The Morgan fingerprint density at radius 2 is 1.86 bits per heavy atom. The van der Waals surface area contributed by atoms with Gasteiger partial charge in [0.25, 0.3) is 5.56 Å². The van der Waals surface area contributed by atoms with Crippen LogP contribution in [0.4, 0.5) is 0 Å². The smallest absolute Gasteiger partial charge is 0.338 e. The lowest BCUT2D eigenvalue weighted by molar-refractivity contribution is -0.139. The van der Waals surface area contributed by atoms with Gasteiger partial charge in [-0.05, 0) is 75.2 Å². The predicted octanol–water partition coefficient (Wildman–Crippen LogP) is 5.91. The quantitative estimate of drug-likeness (QED) is 0.207. The Labute approximate surface area is 262 Å². The van der Waals surface area contributed by atoms with Crippen LogP contribution >= 0.6 is 27.3 Å². The third kappa shape index (κ3) is 5.86. The van der Waals surface area contributed by atoms with Gasteiger partial charge in [0.1, 0.15) is 5.75 Å². The van der Waals surface area contributed by atoms with E-state index in [0.29, 0.717) is 48.9 Å². The van der Waals surface area contributed by atoms with Crippen LogP contribution in [0.15, 0.2) is 74.1 Å². The summed E-state index contributed by atoms with van der Waals surface area (Å²) in [5.74, 6) is 1.16. The average molecular weight is 666 g/mol. The number of carbonyl (C=O) groups excluding carboxylic acids is 1. The normalized spacial score (nSPS) is 15.0. The van der Waals surface area contributed by atoms with Crippen molar-refractivity contribution in [1.82, 2.24) is 4.57 Å². The first-order chi connectivity index (χ1) is 20.7. The molecule has 1 atom stereocenters. The monoisotopic (exact) mass is 664 g/mol. The zero-order chi connectivity index (χ0) is 30.8. The number of allylic oxidation sites excluding steroid dienone is 1. The number of halogens is 1. The van der Waals surface area contributed by atoms with Gasteiger partial charge in [-0.15, -0.1) is 0 Å². The van der Waals surface area contributed by atoms with Crippen LogP contribution in [0.2, 0.25) is 0 Å². The number of benzene rings is 3. The number of esters is 1. The maximum absolute atomic E-state index is 14.3. The first-order valence-corrected chi connectivity index (χ1v) is 15.7. The lowest BCUT2D eigenvalue weighted by atomic mass is 9.95. The highest BCUT2D eigenvalue weighted by molar-refractivity contribution is 9.10. The third-order valence-corrected chi connectivity index (χ3v) is 8.63. The van der Waals surface area contributed by atoms with E-state index in [1.807, 2.05) is 63.2 Å². The summed E-state index contributed by atoms with van der Waals surface area (Å²) in [6, 6.07) is 14.7. The second-order valence-electron chi connectivity index (χ2n) is 10.1. The molecule has 10 heteroatoms. The Balaban J connectivity index is 1.80. The summed E-state index contributed by atoms with van der Waals surface area (Å²) in [6.07, 6.45) is 1.80. The molecule has 1 aliphatic rings. The fourth-order valence-corrected chi connectivity index (χ4v) is 6.75. The molecule has 1 aliphatic heterocycles. The molecule has 8 nitrogen and oxygen atoms in total. The van der Waals surface area contributed by atoms with E-state index in [-0.39, 0.29) is 23.8 Å². The molecule has 0 fully saturated rings. The predicted molar refractivity (Wildman–Crippen MR) is 172 cm³/mol. The van der Waals surface area contributed by atoms with E-state index in [9.17, 15) is 9.59 Å². The van der Waals surface area contributed by atoms with Crippen LogP contribution < -0.4 is 29.1 Å². The molecule has 0 saturated heterocycles. The Hall–Kier alpha value is -3.89. The highest BCUT2D eigenvalue weighted by Crippen LogP contribution is 2.41. The van der Waals surface area contributed by atoms with Gasteiger partial charge >= 0.3 is 5.97 Å². The van der Waals surface area contributed by atoms with Crippen molar-refractivity contribution < 1.29 is 23.7 Å². The molecular formula is C33H33BrN2O6S. The Morgan fingerprint density at radius 3 is 2.56 bits per heavy atom. The highest BCUT2D eigenvalue weighted by Gasteiger charge is 2.35. The Morgan fingerprint density at radius 1 is 1.09 bits per heavy atom. The van der Waals surface area contributed by atoms with Crippen LogP contribution in [0.25, 0.3) is 16.8 Å². The van der Waals surface area contributed by atoms with Crippen LogP contribution in [0.1, 0.15) is 51.8 Å². The van der Waals surface area contributed by atoms with Crippen molar-refractivity contribution >= 4 is 50.1 Å². The lowest BCUT2D eigenvalue weighted by Gasteiger charge is -2.26. The van der Waals surface area contributed by atoms with Crippen LogP contribution in [0, 0.1) is 0 Å². The van der Waals surface area contributed by atoms with Crippen molar-refractivity contribution in [2.75, 3.05) is 20.3 Å². The summed E-state index contributed by atoms with van der Waals surface area (Å²) in [7, 11) is 1.55. The van der Waals surface area contributed by atoms with E-state index < -0.39 is 12.0 Å². The van der Waals surface area contributed by atoms with Crippen LogP contribution in [-0.4, -0.2) is 37.0 Å². The largest absolute Gasteiger partial charge is 0.493 e. The summed E-state index contributed by atoms with van der Waals surface area (Å²) < 4.78 is 25.7. The molecule has 3 aromatic carbocycles. The number of methoxy groups -OCH3 is 1. The molecule has 5 rings (SSSR count). The molecule has 4 aromatic rings. The number of rotatable bonds is 9. The minimum Gasteiger partial charge on any atom is -0.493 e. The van der Waals surface area contributed by atoms with Gasteiger partial charge in [0.15, 0.2) is 16.3 Å². The van der Waals surface area contributed by atoms with Gasteiger partial charge in [-0.3, -0.25) is 9.36 Å². The number of ether oxygens (including phenoxy) is 4. The SMILES string of the molecule is CCOC(=O)C1=C(C)N=c2s/c(=C/c3c(OC(C)C)ccc4ccccc34)c(=O)n2[C@@H]1c1cc(OC)c(OCC)cc1Br. The Kier molecular flexibility index (Phi) is 9.08.